The van der Waals surface area contributed by atoms with Crippen LogP contribution in [0.25, 0.3) is 44.5 Å². The van der Waals surface area contributed by atoms with Gasteiger partial charge in [-0.15, -0.1) is 0 Å². The standard InChI is InChI=1S/C47H54N12O10/c1-5-58-34(20-27(3)54-58)44-50-26-32-31-22-29(42(48)64)24-36(67-17-10-7-12-39(63)69-19-13-38(61)62)40(31)56(45(32)52-44)14-8-9-15-57-41-33(23-30(43(49)65)25-37(41)68-18-11-16-60)51-47(57)53-46(66)35-21-28(4)55-59(35)6-2/h8-9,20-26,60H,5-7,10-19H2,1-4H3,(H2,48,64)(H2,49,65)(H,61,62)(H,51,53,66)/b9-8+. The highest BCUT2D eigenvalue weighted by Crippen LogP contribution is 2.37. The van der Waals surface area contributed by atoms with Gasteiger partial charge in [0, 0.05) is 73.7 Å². The van der Waals surface area contributed by atoms with E-state index in [-0.39, 0.29) is 75.2 Å². The minimum absolute atomic E-state index is 0.0558. The van der Waals surface area contributed by atoms with E-state index >= 15 is 0 Å². The molecule has 5 heterocycles. The van der Waals surface area contributed by atoms with E-state index in [0.717, 1.165) is 5.69 Å². The number of ether oxygens (including phenoxy) is 3. The van der Waals surface area contributed by atoms with Crippen LogP contribution in [0.4, 0.5) is 5.95 Å². The highest BCUT2D eigenvalue weighted by molar-refractivity contribution is 6.12. The Labute approximate surface area is 394 Å². The fourth-order valence-electron chi connectivity index (χ4n) is 7.86. The summed E-state index contributed by atoms with van der Waals surface area (Å²) in [4.78, 5) is 76.6. The number of carbonyl (C=O) groups excluding carboxylic acids is 4. The van der Waals surface area contributed by atoms with Gasteiger partial charge in [-0.3, -0.25) is 38.7 Å². The average Bonchev–Trinajstić information content (AvgIpc) is 4.08. The Balaban J connectivity index is 1.29. The van der Waals surface area contributed by atoms with Crippen molar-refractivity contribution in [3.8, 4) is 23.0 Å². The molecule has 0 saturated carbocycles. The summed E-state index contributed by atoms with van der Waals surface area (Å²) in [6.45, 7) is 8.78. The molecule has 7 aromatic rings. The molecule has 0 unspecified atom stereocenters. The number of hydrogen-bond donors (Lipinski definition) is 5. The number of esters is 1. The van der Waals surface area contributed by atoms with E-state index in [2.05, 4.69) is 15.5 Å². The second kappa shape index (κ2) is 21.7. The van der Waals surface area contributed by atoms with Gasteiger partial charge in [0.2, 0.25) is 17.8 Å². The van der Waals surface area contributed by atoms with Gasteiger partial charge in [-0.2, -0.15) is 10.2 Å². The number of benzene rings is 2. The second-order valence-corrected chi connectivity index (χ2v) is 16.0. The molecule has 0 radical (unpaired) electrons. The van der Waals surface area contributed by atoms with Crippen LogP contribution in [0.15, 0.2) is 54.7 Å². The maximum Gasteiger partial charge on any atom is 0.306 e. The third kappa shape index (κ3) is 11.0. The Morgan fingerprint density at radius 2 is 1.39 bits per heavy atom. The van der Waals surface area contributed by atoms with Gasteiger partial charge in [0.1, 0.15) is 40.7 Å². The van der Waals surface area contributed by atoms with Gasteiger partial charge in [0.25, 0.3) is 5.91 Å². The summed E-state index contributed by atoms with van der Waals surface area (Å²) in [5, 5.41) is 31.5. The number of aromatic nitrogens is 9. The molecule has 0 aliphatic carbocycles. The lowest BCUT2D eigenvalue weighted by Crippen LogP contribution is -2.20. The quantitative estimate of drug-likeness (QED) is 0.0312. The molecule has 5 aromatic heterocycles. The number of aliphatic hydroxyl groups is 1. The summed E-state index contributed by atoms with van der Waals surface area (Å²) in [7, 11) is 0. The van der Waals surface area contributed by atoms with Crippen molar-refractivity contribution in [3.63, 3.8) is 0 Å². The van der Waals surface area contributed by atoms with Crippen LogP contribution in [0.5, 0.6) is 11.5 Å². The number of aryl methyl sites for hydroxylation is 4. The molecule has 22 heteroatoms. The third-order valence-electron chi connectivity index (χ3n) is 11.0. The molecule has 362 valence electrons. The number of hydrogen-bond acceptors (Lipinski definition) is 14. The molecule has 7 rings (SSSR count). The topological polar surface area (TPSA) is 302 Å². The molecule has 69 heavy (non-hydrogen) atoms. The average molecular weight is 947 g/mol. The Morgan fingerprint density at radius 1 is 0.739 bits per heavy atom. The van der Waals surface area contributed by atoms with Crippen LogP contribution in [-0.4, -0.2) is 110 Å². The lowest BCUT2D eigenvalue weighted by Gasteiger charge is -2.13. The lowest BCUT2D eigenvalue weighted by molar-refractivity contribution is -0.146. The van der Waals surface area contributed by atoms with Crippen molar-refractivity contribution in [1.82, 2.24) is 43.6 Å². The van der Waals surface area contributed by atoms with Gasteiger partial charge in [-0.05, 0) is 76.9 Å². The van der Waals surface area contributed by atoms with Crippen LogP contribution in [0.1, 0.15) is 88.5 Å². The number of rotatable bonds is 24. The molecule has 3 amide bonds. The predicted molar refractivity (Wildman–Crippen MR) is 253 cm³/mol. The number of nitrogens with zero attached hydrogens (tertiary/aromatic N) is 9. The number of aliphatic hydroxyl groups excluding tert-OH is 1. The number of carboxylic acid groups (broad SMARTS) is 1. The van der Waals surface area contributed by atoms with Crippen molar-refractivity contribution >= 4 is 68.6 Å². The summed E-state index contributed by atoms with van der Waals surface area (Å²) >= 11 is 0. The molecule has 2 aromatic carbocycles. The van der Waals surface area contributed by atoms with Crippen LogP contribution in [0, 0.1) is 13.8 Å². The molecule has 0 fully saturated rings. The third-order valence-corrected chi connectivity index (χ3v) is 11.0. The van der Waals surface area contributed by atoms with Gasteiger partial charge in [0.15, 0.2) is 5.82 Å². The summed E-state index contributed by atoms with van der Waals surface area (Å²) in [5.74, 6) is -2.28. The minimum atomic E-state index is -1.07. The molecule has 7 N–H and O–H groups in total. The van der Waals surface area contributed by atoms with Crippen molar-refractivity contribution in [1.29, 1.82) is 0 Å². The predicted octanol–water partition coefficient (Wildman–Crippen LogP) is 4.69. The number of imidazole rings is 1. The highest BCUT2D eigenvalue weighted by atomic mass is 16.5. The normalized spacial score (nSPS) is 11.6. The van der Waals surface area contributed by atoms with Crippen LogP contribution < -0.4 is 26.3 Å². The van der Waals surface area contributed by atoms with Crippen molar-refractivity contribution in [2.45, 2.75) is 86.0 Å². The van der Waals surface area contributed by atoms with Crippen LogP contribution >= 0.6 is 0 Å². The van der Waals surface area contributed by atoms with Crippen LogP contribution in [-0.2, 0) is 40.5 Å². The molecule has 0 spiro atoms. The van der Waals surface area contributed by atoms with Crippen molar-refractivity contribution in [2.75, 3.05) is 31.7 Å². The zero-order valence-corrected chi connectivity index (χ0v) is 38.7. The van der Waals surface area contributed by atoms with Gasteiger partial charge in [-0.25, -0.2) is 15.0 Å². The number of carboxylic acids is 1. The number of primary amides is 2. The Hall–Kier alpha value is -8.14. The minimum Gasteiger partial charge on any atom is -0.491 e. The molecule has 0 saturated heterocycles. The Kier molecular flexibility index (Phi) is 15.3. The van der Waals surface area contributed by atoms with E-state index in [9.17, 15) is 29.1 Å². The SMILES string of the molecule is CCn1nc(C)cc1C(=O)Nc1nc2cc(C(N)=O)cc(OCCCO)c2n1C/C=C/Cn1c2nc(-c3cc(C)nn3CC)ncc2c2cc(C(N)=O)cc(OCCCCC(=O)OCCC(=O)O)c21. The number of nitrogens with one attached hydrogen (secondary N) is 1. The summed E-state index contributed by atoms with van der Waals surface area (Å²) in [6, 6.07) is 9.82. The Bertz CT molecular complexity index is 3110. The van der Waals surface area contributed by atoms with E-state index in [1.54, 1.807) is 40.6 Å². The molecule has 0 aliphatic heterocycles. The van der Waals surface area contributed by atoms with Gasteiger partial charge >= 0.3 is 11.9 Å². The maximum absolute atomic E-state index is 13.8. The van der Waals surface area contributed by atoms with E-state index in [0.29, 0.717) is 94.0 Å². The van der Waals surface area contributed by atoms with E-state index < -0.39 is 29.7 Å². The molecular formula is C47H54N12O10. The first kappa shape index (κ1) is 48.8. The zero-order valence-electron chi connectivity index (χ0n) is 38.7. The maximum atomic E-state index is 13.8. The number of amides is 3. The van der Waals surface area contributed by atoms with Crippen molar-refractivity contribution in [3.05, 3.63) is 83.0 Å². The summed E-state index contributed by atoms with van der Waals surface area (Å²) in [5.41, 5.74) is 16.2. The van der Waals surface area contributed by atoms with Gasteiger partial charge in [-0.1, -0.05) is 12.2 Å². The smallest absolute Gasteiger partial charge is 0.306 e. The van der Waals surface area contributed by atoms with Crippen LogP contribution in [0.2, 0.25) is 0 Å². The van der Waals surface area contributed by atoms with Gasteiger partial charge in [0.05, 0.1) is 42.1 Å². The number of fused-ring (bicyclic) bond motifs is 4. The number of allylic oxidation sites excluding steroid dienone is 2. The molecular weight excluding hydrogens is 893 g/mol. The number of unbranched alkanes of at least 4 members (excludes halogenated alkanes) is 1. The van der Waals surface area contributed by atoms with Crippen molar-refractivity contribution < 1.29 is 48.4 Å². The first-order valence-corrected chi connectivity index (χ1v) is 22.5. The molecule has 0 bridgehead atoms. The van der Waals surface area contributed by atoms with E-state index in [1.807, 2.05) is 48.2 Å². The summed E-state index contributed by atoms with van der Waals surface area (Å²) in [6.07, 6.45) is 6.32. The van der Waals surface area contributed by atoms with Gasteiger partial charge < -0.3 is 45.0 Å². The largest absolute Gasteiger partial charge is 0.491 e. The second-order valence-electron chi connectivity index (χ2n) is 16.0. The van der Waals surface area contributed by atoms with Crippen LogP contribution in [0.3, 0.4) is 0 Å². The van der Waals surface area contributed by atoms with Crippen molar-refractivity contribution in [2.24, 2.45) is 11.5 Å². The number of nitrogens with two attached hydrogens (primary N) is 2. The highest BCUT2D eigenvalue weighted by Gasteiger charge is 2.24. The van der Waals surface area contributed by atoms with E-state index in [4.69, 9.17) is 45.7 Å². The Morgan fingerprint density at radius 3 is 2.07 bits per heavy atom. The lowest BCUT2D eigenvalue weighted by atomic mass is 10.1. The number of carbonyl (C=O) groups is 5. The monoisotopic (exact) mass is 946 g/mol. The number of aliphatic carboxylic acids is 1. The first-order valence-electron chi connectivity index (χ1n) is 22.5. The molecule has 22 nitrogen and oxygen atoms in total. The zero-order chi connectivity index (χ0) is 49.4. The molecule has 0 atom stereocenters. The fourth-order valence-corrected chi connectivity index (χ4v) is 7.86. The molecule has 0 aliphatic rings. The number of anilines is 1. The summed E-state index contributed by atoms with van der Waals surface area (Å²) < 4.78 is 24.5. The fraction of sp³-hybridized carbons (Fsp3) is 0.362. The van der Waals surface area contributed by atoms with E-state index in [1.165, 1.54) is 12.1 Å². The first-order chi connectivity index (χ1) is 33.2.